The first-order chi connectivity index (χ1) is 16.7. The first-order valence-electron chi connectivity index (χ1n) is 12.1. The molecule has 0 aromatic heterocycles. The number of aldehydes is 1. The summed E-state index contributed by atoms with van der Waals surface area (Å²) in [6.45, 7) is 2.48. The van der Waals surface area contributed by atoms with Gasteiger partial charge in [-0.05, 0) is 80.7 Å². The molecule has 2 aliphatic heterocycles. The molecular formula is C26H34N4O4S. The second kappa shape index (κ2) is 10.5. The van der Waals surface area contributed by atoms with Gasteiger partial charge in [-0.3, -0.25) is 9.59 Å². The Balaban J connectivity index is 1.54. The molecular weight excluding hydrogens is 464 g/mol. The highest BCUT2D eigenvalue weighted by atomic mass is 32.2. The van der Waals surface area contributed by atoms with Gasteiger partial charge in [0.25, 0.3) is 5.91 Å². The summed E-state index contributed by atoms with van der Waals surface area (Å²) in [5.74, 6) is 0.140. The van der Waals surface area contributed by atoms with Crippen molar-refractivity contribution in [2.45, 2.75) is 25.2 Å². The van der Waals surface area contributed by atoms with Gasteiger partial charge in [-0.25, -0.2) is 12.7 Å². The molecule has 4 rings (SSSR count). The predicted molar refractivity (Wildman–Crippen MR) is 138 cm³/mol. The summed E-state index contributed by atoms with van der Waals surface area (Å²) >= 11 is 0. The van der Waals surface area contributed by atoms with Crippen LogP contribution in [0.4, 0.5) is 5.69 Å². The van der Waals surface area contributed by atoms with E-state index in [1.54, 1.807) is 22.5 Å². The molecule has 2 aliphatic rings. The number of fused-ring (bicyclic) bond motifs is 1. The summed E-state index contributed by atoms with van der Waals surface area (Å²) in [5, 5.41) is 3.39. The standard InChI is InChI=1S/C26H34N4O4S/c1-29(2)9-4-12-35(33,34)30-10-7-19(8-11-30)24-16-28-25-22(24)14-21(15-23(25)26(27)32)20-6-3-5-18(13-20)17-31/h3,5-6,13-15,17,19,24,28H,4,7-12,16H2,1-2H3,(H2,27,32). The number of amides is 1. The van der Waals surface area contributed by atoms with Crippen molar-refractivity contribution in [2.75, 3.05) is 51.3 Å². The van der Waals surface area contributed by atoms with Gasteiger partial charge in [-0.15, -0.1) is 0 Å². The maximum Gasteiger partial charge on any atom is 0.250 e. The number of nitrogens with two attached hydrogens (primary N) is 1. The third kappa shape index (κ3) is 5.58. The summed E-state index contributed by atoms with van der Waals surface area (Å²) in [6, 6.07) is 11.1. The fraction of sp³-hybridized carbons (Fsp3) is 0.462. The monoisotopic (exact) mass is 498 g/mol. The number of rotatable bonds is 9. The molecule has 0 radical (unpaired) electrons. The fourth-order valence-electron chi connectivity index (χ4n) is 5.30. The van der Waals surface area contributed by atoms with E-state index in [4.69, 9.17) is 5.73 Å². The molecule has 1 fully saturated rings. The van der Waals surface area contributed by atoms with Crippen LogP contribution in [0.1, 0.15) is 51.5 Å². The van der Waals surface area contributed by atoms with Gasteiger partial charge >= 0.3 is 0 Å². The number of piperidine rings is 1. The lowest BCUT2D eigenvalue weighted by Crippen LogP contribution is -2.41. The topological polar surface area (TPSA) is 113 Å². The van der Waals surface area contributed by atoms with Gasteiger partial charge < -0.3 is 16.0 Å². The van der Waals surface area contributed by atoms with E-state index < -0.39 is 15.9 Å². The van der Waals surface area contributed by atoms with E-state index in [0.29, 0.717) is 43.1 Å². The summed E-state index contributed by atoms with van der Waals surface area (Å²) < 4.78 is 27.2. The maximum absolute atomic E-state index is 12.8. The van der Waals surface area contributed by atoms with E-state index in [1.165, 1.54) is 0 Å². The van der Waals surface area contributed by atoms with Crippen LogP contribution in [0.3, 0.4) is 0 Å². The van der Waals surface area contributed by atoms with E-state index in [1.807, 2.05) is 31.1 Å². The van der Waals surface area contributed by atoms with Gasteiger partial charge in [0.1, 0.15) is 6.29 Å². The molecule has 0 aliphatic carbocycles. The van der Waals surface area contributed by atoms with Crippen molar-refractivity contribution in [2.24, 2.45) is 11.7 Å². The van der Waals surface area contributed by atoms with E-state index in [9.17, 15) is 18.0 Å². The zero-order valence-electron chi connectivity index (χ0n) is 20.4. The average molecular weight is 499 g/mol. The summed E-state index contributed by atoms with van der Waals surface area (Å²) in [4.78, 5) is 25.5. The van der Waals surface area contributed by atoms with E-state index >= 15 is 0 Å². The van der Waals surface area contributed by atoms with Crippen molar-refractivity contribution < 1.29 is 18.0 Å². The van der Waals surface area contributed by atoms with Crippen LogP contribution in [0.15, 0.2) is 36.4 Å². The molecule has 1 amide bonds. The molecule has 9 heteroatoms. The highest BCUT2D eigenvalue weighted by Crippen LogP contribution is 2.44. The molecule has 0 saturated carbocycles. The van der Waals surface area contributed by atoms with Crippen molar-refractivity contribution in [3.05, 3.63) is 53.1 Å². The lowest BCUT2D eigenvalue weighted by molar-refractivity contribution is 0.100. The summed E-state index contributed by atoms with van der Waals surface area (Å²) in [7, 11) is 0.636. The van der Waals surface area contributed by atoms with E-state index in [0.717, 1.165) is 48.1 Å². The molecule has 0 bridgehead atoms. The number of hydrogen-bond acceptors (Lipinski definition) is 6. The summed E-state index contributed by atoms with van der Waals surface area (Å²) in [6.07, 6.45) is 2.97. The smallest absolute Gasteiger partial charge is 0.250 e. The molecule has 35 heavy (non-hydrogen) atoms. The lowest BCUT2D eigenvalue weighted by Gasteiger charge is -2.34. The highest BCUT2D eigenvalue weighted by molar-refractivity contribution is 7.89. The van der Waals surface area contributed by atoms with Gasteiger partial charge in [0, 0.05) is 31.1 Å². The Hall–Kier alpha value is -2.75. The number of hydrogen-bond donors (Lipinski definition) is 2. The largest absolute Gasteiger partial charge is 0.384 e. The zero-order chi connectivity index (χ0) is 25.2. The number of primary amides is 1. The minimum atomic E-state index is -3.25. The number of nitrogens with zero attached hydrogens (tertiary/aromatic N) is 2. The lowest BCUT2D eigenvalue weighted by atomic mass is 9.80. The molecule has 2 aromatic carbocycles. The SMILES string of the molecule is CN(C)CCCS(=O)(=O)N1CCC(C2CNc3c(C(N)=O)cc(-c4cccc(C=O)c4)cc32)CC1. The quantitative estimate of drug-likeness (QED) is 0.514. The van der Waals surface area contributed by atoms with Crippen LogP contribution in [0, 0.1) is 5.92 Å². The van der Waals surface area contributed by atoms with Crippen molar-refractivity contribution >= 4 is 27.9 Å². The molecule has 3 N–H and O–H groups in total. The van der Waals surface area contributed by atoms with Crippen LogP contribution in [-0.4, -0.2) is 75.8 Å². The Bertz CT molecular complexity index is 1200. The number of nitrogens with one attached hydrogen (secondary N) is 1. The van der Waals surface area contributed by atoms with Gasteiger partial charge in [0.2, 0.25) is 10.0 Å². The van der Waals surface area contributed by atoms with E-state index in [2.05, 4.69) is 11.4 Å². The number of anilines is 1. The van der Waals surface area contributed by atoms with Crippen LogP contribution in [0.5, 0.6) is 0 Å². The Morgan fingerprint density at radius 1 is 1.17 bits per heavy atom. The number of sulfonamides is 1. The molecule has 1 atom stereocenters. The number of benzene rings is 2. The molecule has 1 saturated heterocycles. The first-order valence-corrected chi connectivity index (χ1v) is 13.7. The normalized spacial score (nSPS) is 18.9. The molecule has 1 unspecified atom stereocenters. The highest BCUT2D eigenvalue weighted by Gasteiger charge is 2.36. The van der Waals surface area contributed by atoms with Crippen LogP contribution < -0.4 is 11.1 Å². The molecule has 188 valence electrons. The van der Waals surface area contributed by atoms with Gasteiger partial charge in [-0.2, -0.15) is 0 Å². The molecule has 8 nitrogen and oxygen atoms in total. The maximum atomic E-state index is 12.8. The van der Waals surface area contributed by atoms with Gasteiger partial charge in [0.05, 0.1) is 17.0 Å². The van der Waals surface area contributed by atoms with Crippen molar-refractivity contribution in [1.29, 1.82) is 0 Å². The molecule has 2 heterocycles. The Morgan fingerprint density at radius 3 is 2.57 bits per heavy atom. The number of carbonyl (C=O) groups excluding carboxylic acids is 2. The second-order valence-electron chi connectivity index (χ2n) is 9.79. The first kappa shape index (κ1) is 25.3. The minimum absolute atomic E-state index is 0.163. The van der Waals surface area contributed by atoms with Crippen LogP contribution in [-0.2, 0) is 10.0 Å². The van der Waals surface area contributed by atoms with Gasteiger partial charge in [-0.1, -0.05) is 18.2 Å². The zero-order valence-corrected chi connectivity index (χ0v) is 21.2. The summed E-state index contributed by atoms with van der Waals surface area (Å²) in [5.41, 5.74) is 10.2. The molecule has 2 aromatic rings. The third-order valence-corrected chi connectivity index (χ3v) is 9.11. The average Bonchev–Trinajstić information content (AvgIpc) is 3.27. The van der Waals surface area contributed by atoms with Crippen LogP contribution >= 0.6 is 0 Å². The fourth-order valence-corrected chi connectivity index (χ4v) is 6.82. The van der Waals surface area contributed by atoms with Crippen molar-refractivity contribution in [3.63, 3.8) is 0 Å². The second-order valence-corrected chi connectivity index (χ2v) is 11.9. The molecule has 0 spiro atoms. The minimum Gasteiger partial charge on any atom is -0.384 e. The Labute approximate surface area is 207 Å². The van der Waals surface area contributed by atoms with E-state index in [-0.39, 0.29) is 11.7 Å². The predicted octanol–water partition coefficient (Wildman–Crippen LogP) is 2.77. The van der Waals surface area contributed by atoms with Crippen molar-refractivity contribution in [1.82, 2.24) is 9.21 Å². The Morgan fingerprint density at radius 2 is 1.91 bits per heavy atom. The van der Waals surface area contributed by atoms with Crippen LogP contribution in [0.25, 0.3) is 11.1 Å². The van der Waals surface area contributed by atoms with Crippen molar-refractivity contribution in [3.8, 4) is 11.1 Å². The third-order valence-electron chi connectivity index (χ3n) is 7.16. The Kier molecular flexibility index (Phi) is 7.59. The number of carbonyl (C=O) groups is 2. The van der Waals surface area contributed by atoms with Gasteiger partial charge in [0.15, 0.2) is 0 Å². The van der Waals surface area contributed by atoms with Crippen LogP contribution in [0.2, 0.25) is 0 Å².